The molecule has 42 heavy (non-hydrogen) atoms. The van der Waals surface area contributed by atoms with Crippen LogP contribution in [0.1, 0.15) is 27.5 Å². The van der Waals surface area contributed by atoms with Crippen LogP contribution in [0.3, 0.4) is 0 Å². The second kappa shape index (κ2) is 13.5. The highest BCUT2D eigenvalue weighted by Crippen LogP contribution is 2.40. The minimum absolute atomic E-state index is 0.150. The molecule has 0 spiro atoms. The number of halogens is 1. The first-order chi connectivity index (χ1) is 20.4. The number of thioether (sulfide) groups is 1. The highest BCUT2D eigenvalue weighted by Gasteiger charge is 2.25. The number of benzene rings is 4. The second-order valence-corrected chi connectivity index (χ2v) is 12.1. The molecular weight excluding hydrogens is 582 g/mol. The first-order valence-electron chi connectivity index (χ1n) is 13.1. The lowest BCUT2D eigenvalue weighted by Gasteiger charge is -2.17. The highest BCUT2D eigenvalue weighted by atomic mass is 35.5. The van der Waals surface area contributed by atoms with Crippen molar-refractivity contribution in [1.29, 1.82) is 5.26 Å². The smallest absolute Gasteiger partial charge is 0.243 e. The zero-order valence-electron chi connectivity index (χ0n) is 22.6. The van der Waals surface area contributed by atoms with Gasteiger partial charge in [-0.05, 0) is 53.9 Å². The van der Waals surface area contributed by atoms with Crippen LogP contribution in [-0.4, -0.2) is 11.8 Å². The number of nitriles is 1. The van der Waals surface area contributed by atoms with Crippen molar-refractivity contribution in [3.05, 3.63) is 136 Å². The Morgan fingerprint density at radius 2 is 1.67 bits per heavy atom. The van der Waals surface area contributed by atoms with Crippen molar-refractivity contribution in [3.63, 3.8) is 0 Å². The average Bonchev–Trinajstić information content (AvgIpc) is 3.40. The van der Waals surface area contributed by atoms with Gasteiger partial charge >= 0.3 is 0 Å². The van der Waals surface area contributed by atoms with E-state index in [1.165, 1.54) is 23.1 Å². The Hall–Kier alpha value is -4.35. The van der Waals surface area contributed by atoms with Crippen molar-refractivity contribution in [2.75, 3.05) is 10.6 Å². The van der Waals surface area contributed by atoms with Crippen LogP contribution in [0.4, 0.5) is 10.7 Å². The maximum Gasteiger partial charge on any atom is 0.243 e. The minimum atomic E-state index is -0.595. The van der Waals surface area contributed by atoms with Crippen LogP contribution < -0.4 is 10.6 Å². The van der Waals surface area contributed by atoms with Gasteiger partial charge in [-0.25, -0.2) is 0 Å². The summed E-state index contributed by atoms with van der Waals surface area (Å²) in [7, 11) is 0. The molecule has 1 heterocycles. The second-order valence-electron chi connectivity index (χ2n) is 9.61. The molecule has 0 saturated heterocycles. The zero-order chi connectivity index (χ0) is 29.5. The van der Waals surface area contributed by atoms with Gasteiger partial charge < -0.3 is 10.6 Å². The molecule has 5 rings (SSSR count). The zero-order valence-corrected chi connectivity index (χ0v) is 25.0. The number of hydrogen-bond acceptors (Lipinski definition) is 5. The van der Waals surface area contributed by atoms with E-state index >= 15 is 0 Å². The van der Waals surface area contributed by atoms with Crippen LogP contribution >= 0.6 is 34.7 Å². The number of aryl methyl sites for hydroxylation is 1. The number of nitrogens with zero attached hydrogens (tertiary/aromatic N) is 1. The van der Waals surface area contributed by atoms with Gasteiger partial charge in [-0.2, -0.15) is 5.26 Å². The van der Waals surface area contributed by atoms with Crippen molar-refractivity contribution in [3.8, 4) is 17.2 Å². The third-order valence-corrected chi connectivity index (χ3v) is 8.89. The quantitative estimate of drug-likeness (QED) is 0.164. The predicted molar refractivity (Wildman–Crippen MR) is 173 cm³/mol. The summed E-state index contributed by atoms with van der Waals surface area (Å²) in [6.45, 7) is 2.01. The summed E-state index contributed by atoms with van der Waals surface area (Å²) in [5.74, 6) is -0.389. The molecule has 0 bridgehead atoms. The molecule has 1 aromatic heterocycles. The summed E-state index contributed by atoms with van der Waals surface area (Å²) in [4.78, 5) is 27.2. The van der Waals surface area contributed by atoms with E-state index in [1.807, 2.05) is 103 Å². The number of carbonyl (C=O) groups excluding carboxylic acids is 2. The van der Waals surface area contributed by atoms with Crippen LogP contribution in [-0.2, 0) is 16.0 Å². The largest absolute Gasteiger partial charge is 0.326 e. The van der Waals surface area contributed by atoms with Gasteiger partial charge in [-0.15, -0.1) is 23.1 Å². The maximum atomic E-state index is 13.8. The van der Waals surface area contributed by atoms with E-state index < -0.39 is 5.25 Å². The molecule has 0 aliphatic heterocycles. The average molecular weight is 608 g/mol. The third kappa shape index (κ3) is 7.29. The fourth-order valence-corrected chi connectivity index (χ4v) is 6.49. The van der Waals surface area contributed by atoms with E-state index in [0.29, 0.717) is 21.3 Å². The summed E-state index contributed by atoms with van der Waals surface area (Å²) in [6, 6.07) is 34.4. The lowest BCUT2D eigenvalue weighted by atomic mass is 10.0. The van der Waals surface area contributed by atoms with E-state index in [9.17, 15) is 14.9 Å². The number of rotatable bonds is 9. The van der Waals surface area contributed by atoms with E-state index in [2.05, 4.69) is 16.7 Å². The minimum Gasteiger partial charge on any atom is -0.326 e. The van der Waals surface area contributed by atoms with Crippen molar-refractivity contribution >= 4 is 57.2 Å². The van der Waals surface area contributed by atoms with Gasteiger partial charge in [0.15, 0.2) is 0 Å². The van der Waals surface area contributed by atoms with Crippen molar-refractivity contribution in [2.24, 2.45) is 0 Å². The molecule has 1 unspecified atom stereocenters. The number of thiophene rings is 1. The Morgan fingerprint density at radius 1 is 0.929 bits per heavy atom. The Morgan fingerprint density at radius 3 is 2.38 bits per heavy atom. The van der Waals surface area contributed by atoms with E-state index in [1.54, 1.807) is 12.1 Å². The number of nitrogens with one attached hydrogen (secondary N) is 2. The lowest BCUT2D eigenvalue weighted by molar-refractivity contribution is -0.116. The van der Waals surface area contributed by atoms with Crippen LogP contribution in [0.25, 0.3) is 11.1 Å². The molecular formula is C34H26ClN3O2S2. The van der Waals surface area contributed by atoms with Crippen LogP contribution in [0, 0.1) is 18.3 Å². The summed E-state index contributed by atoms with van der Waals surface area (Å²) in [5, 5.41) is 18.4. The fourth-order valence-electron chi connectivity index (χ4n) is 4.36. The topological polar surface area (TPSA) is 82.0 Å². The van der Waals surface area contributed by atoms with Crippen molar-refractivity contribution in [1.82, 2.24) is 0 Å². The number of carbonyl (C=O) groups is 2. The van der Waals surface area contributed by atoms with Gasteiger partial charge in [0.05, 0.1) is 12.0 Å². The third-order valence-electron chi connectivity index (χ3n) is 6.49. The van der Waals surface area contributed by atoms with Gasteiger partial charge in [0.1, 0.15) is 16.3 Å². The number of anilines is 2. The summed E-state index contributed by atoms with van der Waals surface area (Å²) < 4.78 is 0. The molecule has 0 fully saturated rings. The molecule has 1 atom stereocenters. The highest BCUT2D eigenvalue weighted by molar-refractivity contribution is 8.00. The molecule has 5 nitrogen and oxygen atoms in total. The van der Waals surface area contributed by atoms with Gasteiger partial charge in [-0.3, -0.25) is 9.59 Å². The summed E-state index contributed by atoms with van der Waals surface area (Å²) in [5.41, 5.74) is 5.62. The monoisotopic (exact) mass is 607 g/mol. The van der Waals surface area contributed by atoms with E-state index in [-0.39, 0.29) is 18.2 Å². The fraction of sp³-hybridized carbons (Fsp3) is 0.0882. The standard InChI is InChI=1S/C34H26ClN3O2S2/c1-22-10-14-24(15-11-22)30-21-41-34(29(30)20-36)38-33(40)32(25-6-3-2-4-7-25)42-28-9-5-8-27(19-28)37-31(39)18-23-12-16-26(35)17-13-23/h2-17,19,21,32H,18H2,1H3,(H,37,39)(H,38,40). The molecule has 2 N–H and O–H groups in total. The summed E-state index contributed by atoms with van der Waals surface area (Å²) in [6.07, 6.45) is 0.218. The predicted octanol–water partition coefficient (Wildman–Crippen LogP) is 8.90. The molecule has 0 saturated carbocycles. The lowest BCUT2D eigenvalue weighted by Crippen LogP contribution is -2.19. The Balaban J connectivity index is 1.34. The van der Waals surface area contributed by atoms with Crippen molar-refractivity contribution < 1.29 is 9.59 Å². The molecule has 5 aromatic rings. The molecule has 0 radical (unpaired) electrons. The molecule has 0 aliphatic carbocycles. The Kier molecular flexibility index (Phi) is 9.40. The Labute approximate surface area is 258 Å². The van der Waals surface area contributed by atoms with Gasteiger partial charge in [0.2, 0.25) is 11.8 Å². The van der Waals surface area contributed by atoms with Gasteiger partial charge in [-0.1, -0.05) is 90.0 Å². The molecule has 2 amide bonds. The SMILES string of the molecule is Cc1ccc(-c2csc(NC(=O)C(Sc3cccc(NC(=O)Cc4ccc(Cl)cc4)c3)c3ccccc3)c2C#N)cc1. The molecule has 8 heteroatoms. The van der Waals surface area contributed by atoms with Gasteiger partial charge in [0.25, 0.3) is 0 Å². The van der Waals surface area contributed by atoms with E-state index in [4.69, 9.17) is 11.6 Å². The van der Waals surface area contributed by atoms with Crippen LogP contribution in [0.2, 0.25) is 5.02 Å². The first-order valence-corrected chi connectivity index (χ1v) is 15.3. The number of hydrogen-bond donors (Lipinski definition) is 2. The number of amides is 2. The first kappa shape index (κ1) is 29.2. The maximum absolute atomic E-state index is 13.8. The van der Waals surface area contributed by atoms with Crippen molar-refractivity contribution in [2.45, 2.75) is 23.5 Å². The normalized spacial score (nSPS) is 11.4. The Bertz CT molecular complexity index is 1740. The molecule has 0 aliphatic rings. The molecule has 208 valence electrons. The molecule has 4 aromatic carbocycles. The van der Waals surface area contributed by atoms with Crippen LogP contribution in [0.5, 0.6) is 0 Å². The van der Waals surface area contributed by atoms with Crippen LogP contribution in [0.15, 0.2) is 113 Å². The van der Waals surface area contributed by atoms with Gasteiger partial charge in [0, 0.05) is 26.5 Å². The summed E-state index contributed by atoms with van der Waals surface area (Å²) >= 11 is 8.67. The van der Waals surface area contributed by atoms with E-state index in [0.717, 1.165) is 32.7 Å².